The highest BCUT2D eigenvalue weighted by molar-refractivity contribution is 6.30. The Balaban J connectivity index is 2.25. The van der Waals surface area contributed by atoms with Crippen molar-refractivity contribution in [1.29, 1.82) is 0 Å². The van der Waals surface area contributed by atoms with Crippen molar-refractivity contribution in [3.8, 4) is 0 Å². The van der Waals surface area contributed by atoms with Gasteiger partial charge in [-0.1, -0.05) is 23.7 Å². The third kappa shape index (κ3) is 3.28. The van der Waals surface area contributed by atoms with Crippen LogP contribution >= 0.6 is 11.6 Å². The Labute approximate surface area is 113 Å². The maximum absolute atomic E-state index is 13.8. The van der Waals surface area contributed by atoms with Gasteiger partial charge in [-0.05, 0) is 30.2 Å². The Morgan fingerprint density at radius 2 is 1.68 bits per heavy atom. The summed E-state index contributed by atoms with van der Waals surface area (Å²) in [5.74, 6) is -1.98. The molecule has 0 spiro atoms. The van der Waals surface area contributed by atoms with Gasteiger partial charge in [0.25, 0.3) is 0 Å². The van der Waals surface area contributed by atoms with E-state index in [0.29, 0.717) is 5.56 Å². The first kappa shape index (κ1) is 13.9. The first-order chi connectivity index (χ1) is 8.97. The number of hydrogen-bond donors (Lipinski definition) is 1. The van der Waals surface area contributed by atoms with Crippen LogP contribution in [0.15, 0.2) is 36.4 Å². The fourth-order valence-corrected chi connectivity index (χ4v) is 2.08. The van der Waals surface area contributed by atoms with E-state index in [2.05, 4.69) is 0 Å². The average Bonchev–Trinajstić information content (AvgIpc) is 2.31. The predicted octanol–water partition coefficient (Wildman–Crippen LogP) is 4.00. The van der Waals surface area contributed by atoms with Gasteiger partial charge in [0.2, 0.25) is 0 Å². The molecule has 100 valence electrons. The summed E-state index contributed by atoms with van der Waals surface area (Å²) in [5, 5.41) is -0.0293. The quantitative estimate of drug-likeness (QED) is 0.906. The Morgan fingerprint density at radius 1 is 1.05 bits per heavy atom. The van der Waals surface area contributed by atoms with Gasteiger partial charge in [0, 0.05) is 17.7 Å². The van der Waals surface area contributed by atoms with E-state index in [0.717, 1.165) is 6.07 Å². The van der Waals surface area contributed by atoms with E-state index in [4.69, 9.17) is 17.3 Å². The van der Waals surface area contributed by atoms with Crippen LogP contribution in [0.5, 0.6) is 0 Å². The van der Waals surface area contributed by atoms with E-state index >= 15 is 0 Å². The van der Waals surface area contributed by atoms with Crippen molar-refractivity contribution in [1.82, 2.24) is 0 Å². The minimum absolute atomic E-state index is 0.0293. The van der Waals surface area contributed by atoms with Gasteiger partial charge in [0.05, 0.1) is 5.02 Å². The number of halogens is 4. The van der Waals surface area contributed by atoms with Crippen molar-refractivity contribution in [3.63, 3.8) is 0 Å². The van der Waals surface area contributed by atoms with Gasteiger partial charge < -0.3 is 5.73 Å². The SMILES string of the molecule is NC(Cc1cc(F)cc(F)c1)c1cccc(Cl)c1F. The molecule has 0 aromatic heterocycles. The molecule has 0 radical (unpaired) electrons. The van der Waals surface area contributed by atoms with Crippen LogP contribution in [0.1, 0.15) is 17.2 Å². The number of hydrogen-bond acceptors (Lipinski definition) is 1. The van der Waals surface area contributed by atoms with Crippen LogP contribution < -0.4 is 5.73 Å². The van der Waals surface area contributed by atoms with Crippen molar-refractivity contribution in [2.75, 3.05) is 0 Å². The van der Waals surface area contributed by atoms with Gasteiger partial charge in [0.1, 0.15) is 17.5 Å². The summed E-state index contributed by atoms with van der Waals surface area (Å²) in [6.45, 7) is 0. The van der Waals surface area contributed by atoms with Gasteiger partial charge in [0.15, 0.2) is 0 Å². The van der Waals surface area contributed by atoms with Crippen molar-refractivity contribution in [2.45, 2.75) is 12.5 Å². The topological polar surface area (TPSA) is 26.0 Å². The van der Waals surface area contributed by atoms with E-state index < -0.39 is 23.5 Å². The molecule has 5 heteroatoms. The molecule has 0 aliphatic carbocycles. The van der Waals surface area contributed by atoms with Gasteiger partial charge in [-0.15, -0.1) is 0 Å². The van der Waals surface area contributed by atoms with Gasteiger partial charge in [-0.2, -0.15) is 0 Å². The van der Waals surface area contributed by atoms with Crippen LogP contribution in [0.4, 0.5) is 13.2 Å². The van der Waals surface area contributed by atoms with Crippen LogP contribution in [0.3, 0.4) is 0 Å². The molecule has 0 aliphatic rings. The third-order valence-electron chi connectivity index (χ3n) is 2.76. The molecule has 2 aromatic carbocycles. The predicted molar refractivity (Wildman–Crippen MR) is 68.4 cm³/mol. The maximum Gasteiger partial charge on any atom is 0.146 e. The number of nitrogens with two attached hydrogens (primary N) is 1. The highest BCUT2D eigenvalue weighted by Crippen LogP contribution is 2.24. The molecule has 0 saturated heterocycles. The Morgan fingerprint density at radius 3 is 2.32 bits per heavy atom. The molecule has 0 bridgehead atoms. The average molecular weight is 286 g/mol. The lowest BCUT2D eigenvalue weighted by atomic mass is 9.99. The van der Waals surface area contributed by atoms with Crippen LogP contribution in [0.25, 0.3) is 0 Å². The smallest absolute Gasteiger partial charge is 0.146 e. The lowest BCUT2D eigenvalue weighted by Gasteiger charge is -2.14. The Hall–Kier alpha value is -1.52. The van der Waals surface area contributed by atoms with Gasteiger partial charge in [-0.25, -0.2) is 13.2 Å². The standard InChI is InChI=1S/C14H11ClF3N/c15-12-3-1-2-11(14(12)18)13(19)6-8-4-9(16)7-10(17)5-8/h1-5,7,13H,6,19H2. The highest BCUT2D eigenvalue weighted by atomic mass is 35.5. The summed E-state index contributed by atoms with van der Waals surface area (Å²) in [5.41, 5.74) is 6.44. The molecule has 2 aromatic rings. The van der Waals surface area contributed by atoms with Gasteiger partial charge >= 0.3 is 0 Å². The molecule has 0 saturated carbocycles. The van der Waals surface area contributed by atoms with E-state index in [1.807, 2.05) is 0 Å². The molecule has 0 aliphatic heterocycles. The van der Waals surface area contributed by atoms with Crippen LogP contribution in [-0.4, -0.2) is 0 Å². The molecular weight excluding hydrogens is 275 g/mol. The number of rotatable bonds is 3. The fourth-order valence-electron chi connectivity index (χ4n) is 1.90. The van der Waals surface area contributed by atoms with Crippen molar-refractivity contribution < 1.29 is 13.2 Å². The van der Waals surface area contributed by atoms with Crippen LogP contribution in [0.2, 0.25) is 5.02 Å². The van der Waals surface area contributed by atoms with Crippen molar-refractivity contribution in [2.24, 2.45) is 5.73 Å². The maximum atomic E-state index is 13.8. The summed E-state index contributed by atoms with van der Waals surface area (Å²) < 4.78 is 39.8. The van der Waals surface area contributed by atoms with E-state index in [9.17, 15) is 13.2 Å². The summed E-state index contributed by atoms with van der Waals surface area (Å²) >= 11 is 5.66. The lowest BCUT2D eigenvalue weighted by molar-refractivity contribution is 0.567. The molecule has 0 amide bonds. The van der Waals surface area contributed by atoms with E-state index in [1.165, 1.54) is 24.3 Å². The molecule has 0 fully saturated rings. The second kappa shape index (κ2) is 5.63. The molecule has 2 N–H and O–H groups in total. The second-order valence-corrected chi connectivity index (χ2v) is 4.64. The summed E-state index contributed by atoms with van der Waals surface area (Å²) in [4.78, 5) is 0. The minimum Gasteiger partial charge on any atom is -0.324 e. The summed E-state index contributed by atoms with van der Waals surface area (Å²) in [7, 11) is 0. The van der Waals surface area contributed by atoms with Crippen LogP contribution in [-0.2, 0) is 6.42 Å². The van der Waals surface area contributed by atoms with E-state index in [-0.39, 0.29) is 17.0 Å². The Bertz CT molecular complexity index is 581. The minimum atomic E-state index is -0.722. The molecular formula is C14H11ClF3N. The first-order valence-electron chi connectivity index (χ1n) is 5.62. The van der Waals surface area contributed by atoms with E-state index in [1.54, 1.807) is 6.07 Å². The monoisotopic (exact) mass is 285 g/mol. The largest absolute Gasteiger partial charge is 0.324 e. The molecule has 19 heavy (non-hydrogen) atoms. The van der Waals surface area contributed by atoms with Crippen molar-refractivity contribution >= 4 is 11.6 Å². The van der Waals surface area contributed by atoms with Crippen LogP contribution in [0, 0.1) is 17.5 Å². The molecule has 1 unspecified atom stereocenters. The highest BCUT2D eigenvalue weighted by Gasteiger charge is 2.15. The zero-order valence-corrected chi connectivity index (χ0v) is 10.6. The molecule has 1 atom stereocenters. The fraction of sp³-hybridized carbons (Fsp3) is 0.143. The Kier molecular flexibility index (Phi) is 4.12. The molecule has 2 rings (SSSR count). The summed E-state index contributed by atoms with van der Waals surface area (Å²) in [6.07, 6.45) is 0.117. The first-order valence-corrected chi connectivity index (χ1v) is 5.99. The van der Waals surface area contributed by atoms with Gasteiger partial charge in [-0.3, -0.25) is 0 Å². The third-order valence-corrected chi connectivity index (χ3v) is 3.05. The second-order valence-electron chi connectivity index (χ2n) is 4.23. The normalized spacial score (nSPS) is 12.5. The lowest BCUT2D eigenvalue weighted by Crippen LogP contribution is -2.15. The molecule has 1 nitrogen and oxygen atoms in total. The number of benzene rings is 2. The van der Waals surface area contributed by atoms with Crippen molar-refractivity contribution in [3.05, 3.63) is 70.0 Å². The molecule has 0 heterocycles. The zero-order valence-electron chi connectivity index (χ0n) is 9.84. The zero-order chi connectivity index (χ0) is 14.0. The summed E-state index contributed by atoms with van der Waals surface area (Å²) in [6, 6.07) is 6.88.